The van der Waals surface area contributed by atoms with Gasteiger partial charge in [-0.2, -0.15) is 0 Å². The second kappa shape index (κ2) is 6.25. The summed E-state index contributed by atoms with van der Waals surface area (Å²) in [6.45, 7) is 3.83. The van der Waals surface area contributed by atoms with Crippen LogP contribution in [-0.2, 0) is 0 Å². The van der Waals surface area contributed by atoms with Gasteiger partial charge in [0.15, 0.2) is 0 Å². The Morgan fingerprint density at radius 2 is 1.95 bits per heavy atom. The third kappa shape index (κ3) is 3.11. The molecular formula is C16H17ClFNO. The van der Waals surface area contributed by atoms with Crippen LogP contribution in [0.4, 0.5) is 4.39 Å². The van der Waals surface area contributed by atoms with Crippen LogP contribution in [0.3, 0.4) is 0 Å². The zero-order valence-electron chi connectivity index (χ0n) is 11.7. The van der Waals surface area contributed by atoms with Crippen LogP contribution in [0.2, 0.25) is 5.02 Å². The van der Waals surface area contributed by atoms with Gasteiger partial charge >= 0.3 is 0 Å². The van der Waals surface area contributed by atoms with Crippen LogP contribution in [0.25, 0.3) is 0 Å². The Morgan fingerprint density at radius 1 is 1.20 bits per heavy atom. The minimum absolute atomic E-state index is 0.158. The van der Waals surface area contributed by atoms with Crippen molar-refractivity contribution in [2.45, 2.75) is 19.9 Å². The lowest BCUT2D eigenvalue weighted by atomic mass is 10.1. The molecule has 0 bridgehead atoms. The fourth-order valence-electron chi connectivity index (χ4n) is 1.98. The topological polar surface area (TPSA) is 21.3 Å². The minimum atomic E-state index is -0.298. The Labute approximate surface area is 123 Å². The van der Waals surface area contributed by atoms with Gasteiger partial charge in [0.05, 0.1) is 5.02 Å². The number of hydrogen-bond donors (Lipinski definition) is 1. The lowest BCUT2D eigenvalue weighted by Gasteiger charge is -2.17. The minimum Gasteiger partial charge on any atom is -0.455 e. The van der Waals surface area contributed by atoms with Crippen molar-refractivity contribution in [2.24, 2.45) is 0 Å². The van der Waals surface area contributed by atoms with Crippen molar-refractivity contribution in [1.29, 1.82) is 0 Å². The van der Waals surface area contributed by atoms with Crippen LogP contribution in [-0.4, -0.2) is 7.05 Å². The Hall–Kier alpha value is -1.58. The summed E-state index contributed by atoms with van der Waals surface area (Å²) in [6, 6.07) is 10.1. The predicted molar refractivity (Wildman–Crippen MR) is 80.1 cm³/mol. The molecule has 0 saturated heterocycles. The summed E-state index contributed by atoms with van der Waals surface area (Å²) < 4.78 is 19.8. The van der Waals surface area contributed by atoms with E-state index in [4.69, 9.17) is 16.3 Å². The predicted octanol–water partition coefficient (Wildman–Crippen LogP) is 4.86. The third-order valence-electron chi connectivity index (χ3n) is 3.19. The lowest BCUT2D eigenvalue weighted by molar-refractivity contribution is 0.452. The molecule has 0 spiro atoms. The Kier molecular flexibility index (Phi) is 4.63. The van der Waals surface area contributed by atoms with Crippen molar-refractivity contribution in [2.75, 3.05) is 7.05 Å². The summed E-state index contributed by atoms with van der Waals surface area (Å²) >= 11 is 6.12. The molecule has 0 heterocycles. The maximum absolute atomic E-state index is 14.0. The van der Waals surface area contributed by atoms with Crippen LogP contribution < -0.4 is 10.1 Å². The van der Waals surface area contributed by atoms with E-state index < -0.39 is 0 Å². The number of benzene rings is 2. The molecular weight excluding hydrogens is 277 g/mol. The Morgan fingerprint density at radius 3 is 2.65 bits per heavy atom. The smallest absolute Gasteiger partial charge is 0.146 e. The summed E-state index contributed by atoms with van der Waals surface area (Å²) in [4.78, 5) is 0. The number of halogens is 2. The highest BCUT2D eigenvalue weighted by Crippen LogP contribution is 2.35. The maximum Gasteiger partial charge on any atom is 0.146 e. The number of nitrogens with one attached hydrogen (secondary N) is 1. The number of hydrogen-bond acceptors (Lipinski definition) is 2. The average molecular weight is 294 g/mol. The van der Waals surface area contributed by atoms with Gasteiger partial charge in [-0.15, -0.1) is 0 Å². The van der Waals surface area contributed by atoms with Gasteiger partial charge in [0.25, 0.3) is 0 Å². The first-order valence-electron chi connectivity index (χ1n) is 6.42. The number of ether oxygens (including phenoxy) is 1. The third-order valence-corrected chi connectivity index (χ3v) is 3.50. The molecule has 1 atom stereocenters. The van der Waals surface area contributed by atoms with Crippen LogP contribution in [0.1, 0.15) is 24.1 Å². The summed E-state index contributed by atoms with van der Waals surface area (Å²) in [5, 5.41) is 3.52. The van der Waals surface area contributed by atoms with E-state index in [2.05, 4.69) is 5.32 Å². The quantitative estimate of drug-likeness (QED) is 0.869. The van der Waals surface area contributed by atoms with Gasteiger partial charge in [-0.05, 0) is 50.7 Å². The highest BCUT2D eigenvalue weighted by Gasteiger charge is 2.16. The SMILES string of the molecule is CNC(C)c1c(F)cccc1Oc1cc(C)ccc1Cl. The first kappa shape index (κ1) is 14.8. The average Bonchev–Trinajstić information content (AvgIpc) is 2.42. The molecule has 0 aliphatic rings. The van der Waals surface area contributed by atoms with Crippen LogP contribution in [0.5, 0.6) is 11.5 Å². The lowest BCUT2D eigenvalue weighted by Crippen LogP contribution is -2.15. The van der Waals surface area contributed by atoms with Gasteiger partial charge < -0.3 is 10.1 Å². The van der Waals surface area contributed by atoms with E-state index in [0.29, 0.717) is 22.1 Å². The van der Waals surface area contributed by atoms with E-state index in [1.807, 2.05) is 26.0 Å². The first-order chi connectivity index (χ1) is 9.52. The maximum atomic E-state index is 14.0. The van der Waals surface area contributed by atoms with E-state index >= 15 is 0 Å². The molecule has 0 radical (unpaired) electrons. The van der Waals surface area contributed by atoms with E-state index in [1.54, 1.807) is 25.2 Å². The van der Waals surface area contributed by atoms with Gasteiger partial charge in [0.2, 0.25) is 0 Å². The highest BCUT2D eigenvalue weighted by molar-refractivity contribution is 6.32. The molecule has 0 saturated carbocycles. The highest BCUT2D eigenvalue weighted by atomic mass is 35.5. The summed E-state index contributed by atoms with van der Waals surface area (Å²) in [5.41, 5.74) is 1.52. The molecule has 2 aromatic carbocycles. The van der Waals surface area contributed by atoms with Gasteiger partial charge in [-0.1, -0.05) is 23.7 Å². The molecule has 0 aliphatic heterocycles. The van der Waals surface area contributed by atoms with Crippen molar-refractivity contribution < 1.29 is 9.13 Å². The van der Waals surface area contributed by atoms with Crippen molar-refractivity contribution in [1.82, 2.24) is 5.32 Å². The van der Waals surface area contributed by atoms with Gasteiger partial charge in [-0.3, -0.25) is 0 Å². The molecule has 4 heteroatoms. The number of aryl methyl sites for hydroxylation is 1. The molecule has 0 aromatic heterocycles. The molecule has 2 aromatic rings. The normalized spacial score (nSPS) is 12.2. The van der Waals surface area contributed by atoms with Gasteiger partial charge in [-0.25, -0.2) is 4.39 Å². The van der Waals surface area contributed by atoms with Gasteiger partial charge in [0, 0.05) is 11.6 Å². The second-order valence-corrected chi connectivity index (χ2v) is 5.11. The molecule has 1 N–H and O–H groups in total. The van der Waals surface area contributed by atoms with E-state index in [1.165, 1.54) is 6.07 Å². The zero-order chi connectivity index (χ0) is 14.7. The molecule has 2 rings (SSSR count). The standard InChI is InChI=1S/C16H17ClFNO/c1-10-7-8-12(17)15(9-10)20-14-6-4-5-13(18)16(14)11(2)19-3/h4-9,11,19H,1-3H3. The molecule has 0 aliphatic carbocycles. The fraction of sp³-hybridized carbons (Fsp3) is 0.250. The molecule has 0 amide bonds. The molecule has 106 valence electrons. The van der Waals surface area contributed by atoms with E-state index in [9.17, 15) is 4.39 Å². The molecule has 20 heavy (non-hydrogen) atoms. The van der Waals surface area contributed by atoms with E-state index in [0.717, 1.165) is 5.56 Å². The van der Waals surface area contributed by atoms with Gasteiger partial charge in [0.1, 0.15) is 17.3 Å². The molecule has 0 fully saturated rings. The zero-order valence-corrected chi connectivity index (χ0v) is 12.5. The van der Waals surface area contributed by atoms with Crippen LogP contribution in [0.15, 0.2) is 36.4 Å². The Bertz CT molecular complexity index is 615. The second-order valence-electron chi connectivity index (χ2n) is 4.70. The van der Waals surface area contributed by atoms with Crippen LogP contribution >= 0.6 is 11.6 Å². The van der Waals surface area contributed by atoms with Crippen LogP contribution in [0, 0.1) is 12.7 Å². The first-order valence-corrected chi connectivity index (χ1v) is 6.80. The number of rotatable bonds is 4. The van der Waals surface area contributed by atoms with Crippen molar-refractivity contribution in [3.05, 3.63) is 58.4 Å². The fourth-order valence-corrected chi connectivity index (χ4v) is 2.13. The van der Waals surface area contributed by atoms with Crippen molar-refractivity contribution >= 4 is 11.6 Å². The summed E-state index contributed by atoms with van der Waals surface area (Å²) in [5.74, 6) is 0.703. The largest absolute Gasteiger partial charge is 0.455 e. The summed E-state index contributed by atoms with van der Waals surface area (Å²) in [6.07, 6.45) is 0. The summed E-state index contributed by atoms with van der Waals surface area (Å²) in [7, 11) is 1.78. The molecule has 1 unspecified atom stereocenters. The van der Waals surface area contributed by atoms with Crippen molar-refractivity contribution in [3.8, 4) is 11.5 Å². The monoisotopic (exact) mass is 293 g/mol. The van der Waals surface area contributed by atoms with Crippen molar-refractivity contribution in [3.63, 3.8) is 0 Å². The van der Waals surface area contributed by atoms with E-state index in [-0.39, 0.29) is 11.9 Å². The molecule has 2 nitrogen and oxygen atoms in total. The Balaban J connectivity index is 2.43.